The molecule has 0 unspecified atom stereocenters. The molecular formula is C30H23ClN2O5. The summed E-state index contributed by atoms with van der Waals surface area (Å²) in [4.78, 5) is 39.1. The van der Waals surface area contributed by atoms with E-state index in [1.54, 1.807) is 30.3 Å². The number of nitrogens with one attached hydrogen (secondary N) is 1. The van der Waals surface area contributed by atoms with E-state index in [1.807, 2.05) is 31.2 Å². The highest BCUT2D eigenvalue weighted by atomic mass is 35.5. The van der Waals surface area contributed by atoms with Crippen molar-refractivity contribution in [2.45, 2.75) is 13.5 Å². The summed E-state index contributed by atoms with van der Waals surface area (Å²) in [6.07, 6.45) is 1.42. The number of nitrogens with zero attached hydrogens (tertiary/aromatic N) is 1. The van der Waals surface area contributed by atoms with Crippen LogP contribution in [0.4, 0.5) is 10.5 Å². The lowest BCUT2D eigenvalue weighted by Crippen LogP contribution is -2.54. The molecule has 0 atom stereocenters. The molecule has 4 aromatic rings. The third-order valence-corrected chi connectivity index (χ3v) is 6.28. The monoisotopic (exact) mass is 526 g/mol. The van der Waals surface area contributed by atoms with Crippen LogP contribution >= 0.6 is 11.6 Å². The smallest absolute Gasteiger partial charge is 0.335 e. The topological polar surface area (TPSA) is 84.9 Å². The number of halogens is 1. The molecule has 0 spiro atoms. The van der Waals surface area contributed by atoms with E-state index in [2.05, 4.69) is 23.5 Å². The molecule has 0 radical (unpaired) electrons. The van der Waals surface area contributed by atoms with Crippen molar-refractivity contribution in [3.63, 3.8) is 0 Å². The molecule has 1 aliphatic rings. The van der Waals surface area contributed by atoms with Gasteiger partial charge in [0.15, 0.2) is 11.5 Å². The van der Waals surface area contributed by atoms with Gasteiger partial charge in [0.05, 0.1) is 12.3 Å². The number of carbonyl (C=O) groups is 3. The third kappa shape index (κ3) is 5.10. The van der Waals surface area contributed by atoms with Crippen molar-refractivity contribution < 1.29 is 23.9 Å². The highest BCUT2D eigenvalue weighted by Crippen LogP contribution is 2.32. The Morgan fingerprint density at radius 1 is 0.868 bits per heavy atom. The van der Waals surface area contributed by atoms with Gasteiger partial charge in [-0.25, -0.2) is 9.69 Å². The first-order valence-electron chi connectivity index (χ1n) is 12.0. The lowest BCUT2D eigenvalue weighted by Gasteiger charge is -2.26. The molecule has 0 aliphatic carbocycles. The van der Waals surface area contributed by atoms with Crippen LogP contribution in [-0.2, 0) is 16.2 Å². The summed E-state index contributed by atoms with van der Waals surface area (Å²) in [7, 11) is 0. The van der Waals surface area contributed by atoms with Crippen molar-refractivity contribution in [1.29, 1.82) is 0 Å². The van der Waals surface area contributed by atoms with E-state index < -0.39 is 17.8 Å². The first kappa shape index (κ1) is 25.0. The normalized spacial score (nSPS) is 14.6. The Kier molecular flexibility index (Phi) is 7.11. The minimum atomic E-state index is -0.827. The number of barbiturate groups is 1. The Balaban J connectivity index is 1.42. The molecule has 1 fully saturated rings. The molecule has 1 heterocycles. The number of urea groups is 1. The van der Waals surface area contributed by atoms with E-state index in [0.717, 1.165) is 21.2 Å². The second-order valence-corrected chi connectivity index (χ2v) is 8.94. The van der Waals surface area contributed by atoms with Crippen LogP contribution in [0.25, 0.3) is 16.8 Å². The zero-order valence-corrected chi connectivity index (χ0v) is 21.2. The Labute approximate surface area is 224 Å². The average Bonchev–Trinajstić information content (AvgIpc) is 2.91. The van der Waals surface area contributed by atoms with E-state index in [-0.39, 0.29) is 5.57 Å². The summed E-state index contributed by atoms with van der Waals surface area (Å²) in [6.45, 7) is 2.58. The molecular weight excluding hydrogens is 504 g/mol. The van der Waals surface area contributed by atoms with Gasteiger partial charge < -0.3 is 9.47 Å². The van der Waals surface area contributed by atoms with Crippen LogP contribution in [0.3, 0.4) is 0 Å². The molecule has 1 aliphatic heterocycles. The van der Waals surface area contributed by atoms with Crippen molar-refractivity contribution in [2.24, 2.45) is 0 Å². The fourth-order valence-electron chi connectivity index (χ4n) is 4.22. The maximum Gasteiger partial charge on any atom is 0.335 e. The molecule has 1 saturated heterocycles. The largest absolute Gasteiger partial charge is 0.490 e. The third-order valence-electron chi connectivity index (χ3n) is 6.03. The average molecular weight is 527 g/mol. The predicted octanol–water partition coefficient (Wildman–Crippen LogP) is 6.14. The number of fused-ring (bicyclic) bond motifs is 1. The highest BCUT2D eigenvalue weighted by Gasteiger charge is 2.36. The van der Waals surface area contributed by atoms with E-state index in [9.17, 15) is 14.4 Å². The molecule has 0 aromatic heterocycles. The number of anilines is 1. The van der Waals surface area contributed by atoms with Crippen LogP contribution in [0.2, 0.25) is 5.02 Å². The van der Waals surface area contributed by atoms with Gasteiger partial charge in [0.1, 0.15) is 12.2 Å². The molecule has 5 rings (SSSR count). The Morgan fingerprint density at radius 3 is 2.42 bits per heavy atom. The summed E-state index contributed by atoms with van der Waals surface area (Å²) < 4.78 is 11.9. The van der Waals surface area contributed by atoms with Crippen molar-refractivity contribution >= 4 is 52.0 Å². The molecule has 38 heavy (non-hydrogen) atoms. The first-order valence-corrected chi connectivity index (χ1v) is 12.4. The van der Waals surface area contributed by atoms with Crippen molar-refractivity contribution in [1.82, 2.24) is 5.32 Å². The minimum Gasteiger partial charge on any atom is -0.490 e. The fourth-order valence-corrected chi connectivity index (χ4v) is 4.35. The van der Waals surface area contributed by atoms with Gasteiger partial charge in [0, 0.05) is 5.02 Å². The molecule has 1 N–H and O–H groups in total. The summed E-state index contributed by atoms with van der Waals surface area (Å²) in [5.41, 5.74) is 1.68. The van der Waals surface area contributed by atoms with E-state index >= 15 is 0 Å². The molecule has 4 aromatic carbocycles. The Bertz CT molecular complexity index is 1570. The zero-order valence-electron chi connectivity index (χ0n) is 20.4. The number of ether oxygens (including phenoxy) is 2. The minimum absolute atomic E-state index is 0.188. The van der Waals surface area contributed by atoms with Gasteiger partial charge in [-0.3, -0.25) is 14.9 Å². The first-order chi connectivity index (χ1) is 18.4. The summed E-state index contributed by atoms with van der Waals surface area (Å²) in [5.74, 6) is -0.523. The Hall–Kier alpha value is -4.62. The number of rotatable bonds is 7. The van der Waals surface area contributed by atoms with Gasteiger partial charge >= 0.3 is 6.03 Å². The molecule has 8 heteroatoms. The maximum absolute atomic E-state index is 13.2. The number of imide groups is 2. The van der Waals surface area contributed by atoms with Crippen molar-refractivity contribution in [3.8, 4) is 11.5 Å². The van der Waals surface area contributed by atoms with Crippen molar-refractivity contribution in [2.75, 3.05) is 11.5 Å². The van der Waals surface area contributed by atoms with Gasteiger partial charge in [-0.1, -0.05) is 60.1 Å². The van der Waals surface area contributed by atoms with Crippen LogP contribution in [0.5, 0.6) is 11.5 Å². The highest BCUT2D eigenvalue weighted by molar-refractivity contribution is 6.39. The summed E-state index contributed by atoms with van der Waals surface area (Å²) in [6, 6.07) is 24.6. The lowest BCUT2D eigenvalue weighted by atomic mass is 10.1. The standard InChI is InChI=1S/C30H23ClN2O5/c1-2-37-27-17-19(10-15-26(27)38-18-21-8-5-7-20-6-3-4-9-24(20)21)16-25-28(34)32-30(36)33(29(25)35)23-13-11-22(31)12-14-23/h3-17H,2,18H2,1H3,(H,32,34,36)/b25-16-. The number of carbonyl (C=O) groups excluding carboxylic acids is 3. The number of hydrogen-bond acceptors (Lipinski definition) is 5. The van der Waals surface area contributed by atoms with Crippen LogP contribution in [-0.4, -0.2) is 24.5 Å². The SMILES string of the molecule is CCOc1cc(/C=C2/C(=O)NC(=O)N(c3ccc(Cl)cc3)C2=O)ccc1OCc1cccc2ccccc12. The van der Waals surface area contributed by atoms with Gasteiger partial charge in [-0.2, -0.15) is 0 Å². The predicted molar refractivity (Wildman–Crippen MR) is 146 cm³/mol. The molecule has 0 bridgehead atoms. The van der Waals surface area contributed by atoms with Crippen molar-refractivity contribution in [3.05, 3.63) is 107 Å². The lowest BCUT2D eigenvalue weighted by molar-refractivity contribution is -0.122. The molecule has 0 saturated carbocycles. The van der Waals surface area contributed by atoms with Gasteiger partial charge in [0.2, 0.25) is 0 Å². The molecule has 4 amide bonds. The second-order valence-electron chi connectivity index (χ2n) is 8.50. The van der Waals surface area contributed by atoms with E-state index in [4.69, 9.17) is 21.1 Å². The van der Waals surface area contributed by atoms with E-state index in [1.165, 1.54) is 18.2 Å². The Morgan fingerprint density at radius 2 is 1.63 bits per heavy atom. The van der Waals surface area contributed by atoms with Crippen LogP contribution in [0.15, 0.2) is 90.5 Å². The van der Waals surface area contributed by atoms with Gasteiger partial charge in [-0.15, -0.1) is 0 Å². The van der Waals surface area contributed by atoms with Crippen LogP contribution in [0.1, 0.15) is 18.1 Å². The zero-order chi connectivity index (χ0) is 26.6. The summed E-state index contributed by atoms with van der Waals surface area (Å²) in [5, 5.41) is 4.91. The molecule has 7 nitrogen and oxygen atoms in total. The summed E-state index contributed by atoms with van der Waals surface area (Å²) >= 11 is 5.93. The van der Waals surface area contributed by atoms with Crippen LogP contribution in [0, 0.1) is 0 Å². The number of hydrogen-bond donors (Lipinski definition) is 1. The second kappa shape index (κ2) is 10.8. The fraction of sp³-hybridized carbons (Fsp3) is 0.100. The number of benzene rings is 4. The number of amides is 4. The molecule has 190 valence electrons. The van der Waals surface area contributed by atoms with E-state index in [0.29, 0.717) is 41.0 Å². The maximum atomic E-state index is 13.2. The quantitative estimate of drug-likeness (QED) is 0.231. The van der Waals surface area contributed by atoms with Gasteiger partial charge in [-0.05, 0) is 71.3 Å². The van der Waals surface area contributed by atoms with Gasteiger partial charge in [0.25, 0.3) is 11.8 Å². The van der Waals surface area contributed by atoms with Crippen LogP contribution < -0.4 is 19.7 Å².